The quantitative estimate of drug-likeness (QED) is 0.704. The first kappa shape index (κ1) is 17.9. The number of carbonyl (C=O) groups is 2. The van der Waals surface area contributed by atoms with E-state index < -0.39 is 17.7 Å². The van der Waals surface area contributed by atoms with Crippen LogP contribution >= 0.6 is 0 Å². The molecule has 28 heavy (non-hydrogen) atoms. The highest BCUT2D eigenvalue weighted by atomic mass is 19.1. The molecular formula is C19H18FN5O3. The fraction of sp³-hybridized carbons (Fsp3) is 0.263. The SMILES string of the molecule is Cc1cccc(F)c1-n1nc(C(=O)Nc2ccn(CC(=O)O)n2)c2c1CCC2. The molecule has 4 rings (SSSR count). The van der Waals surface area contributed by atoms with Gasteiger partial charge < -0.3 is 10.4 Å². The summed E-state index contributed by atoms with van der Waals surface area (Å²) in [5, 5.41) is 19.9. The second-order valence-corrected chi connectivity index (χ2v) is 6.69. The van der Waals surface area contributed by atoms with Crippen LogP contribution in [0.1, 0.15) is 33.7 Å². The van der Waals surface area contributed by atoms with Gasteiger partial charge in [0.2, 0.25) is 0 Å². The summed E-state index contributed by atoms with van der Waals surface area (Å²) in [6, 6.07) is 6.33. The van der Waals surface area contributed by atoms with Crippen molar-refractivity contribution in [2.75, 3.05) is 5.32 Å². The van der Waals surface area contributed by atoms with Gasteiger partial charge in [0.25, 0.3) is 5.91 Å². The summed E-state index contributed by atoms with van der Waals surface area (Å²) in [7, 11) is 0. The minimum atomic E-state index is -1.03. The molecule has 1 amide bonds. The van der Waals surface area contributed by atoms with Crippen molar-refractivity contribution in [2.45, 2.75) is 32.7 Å². The predicted molar refractivity (Wildman–Crippen MR) is 98.1 cm³/mol. The Kier molecular flexibility index (Phi) is 4.42. The van der Waals surface area contributed by atoms with Crippen LogP contribution in [0.15, 0.2) is 30.5 Å². The lowest BCUT2D eigenvalue weighted by Crippen LogP contribution is -2.16. The van der Waals surface area contributed by atoms with E-state index in [1.807, 2.05) is 0 Å². The number of nitrogens with zero attached hydrogens (tertiary/aromatic N) is 4. The van der Waals surface area contributed by atoms with Gasteiger partial charge in [-0.05, 0) is 37.8 Å². The molecule has 0 atom stereocenters. The standard InChI is InChI=1S/C19H18FN5O3/c1-11-4-2-6-13(20)18(11)25-14-7-3-5-12(14)17(23-25)19(28)21-15-8-9-24(22-15)10-16(26)27/h2,4,6,8-9H,3,5,7,10H2,1H3,(H,26,27)(H,21,22,28). The Morgan fingerprint density at radius 2 is 2.07 bits per heavy atom. The molecule has 0 fully saturated rings. The molecule has 0 radical (unpaired) electrons. The van der Waals surface area contributed by atoms with Crippen LogP contribution in [0.3, 0.4) is 0 Å². The van der Waals surface area contributed by atoms with Gasteiger partial charge in [-0.3, -0.25) is 14.3 Å². The molecule has 0 spiro atoms. The molecule has 2 heterocycles. The molecular weight excluding hydrogens is 365 g/mol. The topological polar surface area (TPSA) is 102 Å². The first-order valence-corrected chi connectivity index (χ1v) is 8.87. The van der Waals surface area contributed by atoms with Crippen LogP contribution in [-0.4, -0.2) is 36.5 Å². The number of aliphatic carboxylic acids is 1. The van der Waals surface area contributed by atoms with Crippen LogP contribution in [0, 0.1) is 12.7 Å². The number of aryl methyl sites for hydroxylation is 1. The van der Waals surface area contributed by atoms with E-state index in [4.69, 9.17) is 5.11 Å². The number of hydrogen-bond acceptors (Lipinski definition) is 4. The average molecular weight is 383 g/mol. The molecule has 0 saturated heterocycles. The van der Waals surface area contributed by atoms with Crippen molar-refractivity contribution in [3.8, 4) is 5.69 Å². The maximum atomic E-state index is 14.4. The highest BCUT2D eigenvalue weighted by molar-refractivity contribution is 6.03. The molecule has 2 N–H and O–H groups in total. The number of para-hydroxylation sites is 1. The Morgan fingerprint density at radius 1 is 1.25 bits per heavy atom. The van der Waals surface area contributed by atoms with Crippen LogP contribution in [-0.2, 0) is 24.2 Å². The molecule has 3 aromatic rings. The van der Waals surface area contributed by atoms with Crippen molar-refractivity contribution in [2.24, 2.45) is 0 Å². The van der Waals surface area contributed by atoms with E-state index in [-0.39, 0.29) is 18.1 Å². The second kappa shape index (κ2) is 6.91. The van der Waals surface area contributed by atoms with E-state index in [1.165, 1.54) is 27.7 Å². The van der Waals surface area contributed by atoms with Gasteiger partial charge in [0, 0.05) is 23.5 Å². The molecule has 1 aromatic carbocycles. The van der Waals surface area contributed by atoms with E-state index >= 15 is 0 Å². The first-order valence-electron chi connectivity index (χ1n) is 8.87. The Hall–Kier alpha value is -3.49. The third-order valence-electron chi connectivity index (χ3n) is 4.73. The maximum Gasteiger partial charge on any atom is 0.325 e. The smallest absolute Gasteiger partial charge is 0.325 e. The lowest BCUT2D eigenvalue weighted by atomic mass is 10.1. The summed E-state index contributed by atoms with van der Waals surface area (Å²) in [5.41, 5.74) is 2.98. The van der Waals surface area contributed by atoms with Crippen LogP contribution in [0.2, 0.25) is 0 Å². The molecule has 2 aromatic heterocycles. The van der Waals surface area contributed by atoms with Gasteiger partial charge in [-0.25, -0.2) is 9.07 Å². The number of benzene rings is 1. The fourth-order valence-corrected chi connectivity index (χ4v) is 3.53. The van der Waals surface area contributed by atoms with E-state index in [0.29, 0.717) is 12.1 Å². The van der Waals surface area contributed by atoms with Crippen molar-refractivity contribution in [1.82, 2.24) is 19.6 Å². The molecule has 0 bridgehead atoms. The van der Waals surface area contributed by atoms with Crippen LogP contribution < -0.4 is 5.32 Å². The Morgan fingerprint density at radius 3 is 2.82 bits per heavy atom. The number of anilines is 1. The van der Waals surface area contributed by atoms with E-state index in [1.54, 1.807) is 19.1 Å². The predicted octanol–water partition coefficient (Wildman–Crippen LogP) is 2.34. The van der Waals surface area contributed by atoms with Crippen LogP contribution in [0.5, 0.6) is 0 Å². The zero-order chi connectivity index (χ0) is 19.8. The largest absolute Gasteiger partial charge is 0.480 e. The lowest BCUT2D eigenvalue weighted by Gasteiger charge is -2.10. The normalized spacial score (nSPS) is 12.8. The Bertz CT molecular complexity index is 1070. The van der Waals surface area contributed by atoms with Gasteiger partial charge >= 0.3 is 5.97 Å². The number of hydrogen-bond donors (Lipinski definition) is 2. The first-order chi connectivity index (χ1) is 13.4. The summed E-state index contributed by atoms with van der Waals surface area (Å²) < 4.78 is 17.2. The molecule has 8 nitrogen and oxygen atoms in total. The van der Waals surface area contributed by atoms with Crippen LogP contribution in [0.4, 0.5) is 10.2 Å². The van der Waals surface area contributed by atoms with E-state index in [2.05, 4.69) is 15.5 Å². The van der Waals surface area contributed by atoms with Gasteiger partial charge in [-0.15, -0.1) is 0 Å². The van der Waals surface area contributed by atoms with Crippen LogP contribution in [0.25, 0.3) is 5.69 Å². The number of nitrogens with one attached hydrogen (secondary N) is 1. The van der Waals surface area contributed by atoms with Gasteiger partial charge in [0.1, 0.15) is 18.0 Å². The molecule has 9 heteroatoms. The third-order valence-corrected chi connectivity index (χ3v) is 4.73. The number of carboxylic acids is 1. The number of rotatable bonds is 5. The zero-order valence-corrected chi connectivity index (χ0v) is 15.1. The highest BCUT2D eigenvalue weighted by Gasteiger charge is 2.28. The monoisotopic (exact) mass is 383 g/mol. The molecule has 1 aliphatic rings. The summed E-state index contributed by atoms with van der Waals surface area (Å²) in [6.45, 7) is 1.50. The van der Waals surface area contributed by atoms with Gasteiger partial charge in [0.05, 0.1) is 0 Å². The van der Waals surface area contributed by atoms with Crippen molar-refractivity contribution in [1.29, 1.82) is 0 Å². The molecule has 0 saturated carbocycles. The number of carboxylic acid groups (broad SMARTS) is 1. The second-order valence-electron chi connectivity index (χ2n) is 6.69. The average Bonchev–Trinajstić information content (AvgIpc) is 3.32. The van der Waals surface area contributed by atoms with Gasteiger partial charge in [-0.2, -0.15) is 10.2 Å². The fourth-order valence-electron chi connectivity index (χ4n) is 3.53. The molecule has 1 aliphatic carbocycles. The number of carbonyl (C=O) groups excluding carboxylic acids is 1. The minimum Gasteiger partial charge on any atom is -0.480 e. The van der Waals surface area contributed by atoms with Crippen molar-refractivity contribution < 1.29 is 19.1 Å². The molecule has 0 unspecified atom stereocenters. The summed E-state index contributed by atoms with van der Waals surface area (Å²) in [5.74, 6) is -1.64. The molecule has 0 aliphatic heterocycles. The summed E-state index contributed by atoms with van der Waals surface area (Å²) in [6.07, 6.45) is 3.75. The zero-order valence-electron chi connectivity index (χ0n) is 15.1. The van der Waals surface area contributed by atoms with Crippen molar-refractivity contribution in [3.05, 3.63) is 58.8 Å². The van der Waals surface area contributed by atoms with Gasteiger partial charge in [-0.1, -0.05) is 12.1 Å². The van der Waals surface area contributed by atoms with E-state index in [0.717, 1.165) is 29.7 Å². The number of fused-ring (bicyclic) bond motifs is 1. The number of aromatic nitrogens is 4. The highest BCUT2D eigenvalue weighted by Crippen LogP contribution is 2.30. The van der Waals surface area contributed by atoms with Crippen molar-refractivity contribution in [3.63, 3.8) is 0 Å². The van der Waals surface area contributed by atoms with Crippen molar-refractivity contribution >= 4 is 17.7 Å². The Labute approximate surface area is 159 Å². The summed E-state index contributed by atoms with van der Waals surface area (Å²) in [4.78, 5) is 23.5. The number of halogens is 1. The number of amides is 1. The maximum absolute atomic E-state index is 14.4. The van der Waals surface area contributed by atoms with E-state index in [9.17, 15) is 14.0 Å². The summed E-state index contributed by atoms with van der Waals surface area (Å²) >= 11 is 0. The van der Waals surface area contributed by atoms with Gasteiger partial charge in [0.15, 0.2) is 11.5 Å². The minimum absolute atomic E-state index is 0.231. The Balaban J connectivity index is 1.66. The lowest BCUT2D eigenvalue weighted by molar-refractivity contribution is -0.137. The molecule has 144 valence electrons. The third kappa shape index (κ3) is 3.15.